The Kier molecular flexibility index (Phi) is 4.22. The number of rotatable bonds is 4. The molecule has 7 heteroatoms. The van der Waals surface area contributed by atoms with Crippen LogP contribution in [0.2, 0.25) is 0 Å². The van der Waals surface area contributed by atoms with Crippen LogP contribution in [0.4, 0.5) is 11.4 Å². The van der Waals surface area contributed by atoms with Gasteiger partial charge in [0.1, 0.15) is 4.90 Å². The Morgan fingerprint density at radius 1 is 1.40 bits per heavy atom. The predicted octanol–water partition coefficient (Wildman–Crippen LogP) is 0.317. The lowest BCUT2D eigenvalue weighted by atomic mass is 10.2. The van der Waals surface area contributed by atoms with Crippen LogP contribution < -0.4 is 15.4 Å². The number of nitrogens with zero attached hydrogens (tertiary/aromatic N) is 2. The molecule has 1 atom stereocenters. The molecule has 1 aliphatic rings. The van der Waals surface area contributed by atoms with Crippen molar-refractivity contribution in [1.29, 1.82) is 0 Å². The van der Waals surface area contributed by atoms with Crippen molar-refractivity contribution in [2.45, 2.75) is 17.4 Å². The van der Waals surface area contributed by atoms with E-state index in [1.165, 1.54) is 13.1 Å². The molecule has 6 nitrogen and oxygen atoms in total. The highest BCUT2D eigenvalue weighted by Gasteiger charge is 2.28. The van der Waals surface area contributed by atoms with E-state index in [1.807, 2.05) is 14.1 Å². The van der Waals surface area contributed by atoms with Gasteiger partial charge < -0.3 is 15.5 Å². The molecule has 1 unspecified atom stereocenters. The van der Waals surface area contributed by atoms with Crippen molar-refractivity contribution in [1.82, 2.24) is 9.62 Å². The Balaban J connectivity index is 2.38. The van der Waals surface area contributed by atoms with Crippen LogP contribution >= 0.6 is 0 Å². The number of nitrogen functional groups attached to an aromatic ring is 1. The average Bonchev–Trinajstić information content (AvgIpc) is 2.88. The molecule has 1 saturated heterocycles. The van der Waals surface area contributed by atoms with Gasteiger partial charge in [0.05, 0.1) is 5.69 Å². The van der Waals surface area contributed by atoms with Crippen LogP contribution in [0.5, 0.6) is 0 Å². The molecular weight excluding hydrogens is 276 g/mol. The summed E-state index contributed by atoms with van der Waals surface area (Å²) in [6, 6.07) is 5.49. The van der Waals surface area contributed by atoms with Gasteiger partial charge in [-0.15, -0.1) is 0 Å². The van der Waals surface area contributed by atoms with Crippen molar-refractivity contribution in [2.75, 3.05) is 44.9 Å². The first-order chi connectivity index (χ1) is 9.35. The Morgan fingerprint density at radius 3 is 2.65 bits per heavy atom. The topological polar surface area (TPSA) is 78.7 Å². The number of hydrogen-bond donors (Lipinski definition) is 2. The Labute approximate surface area is 120 Å². The van der Waals surface area contributed by atoms with E-state index in [1.54, 1.807) is 12.1 Å². The van der Waals surface area contributed by atoms with Gasteiger partial charge in [-0.1, -0.05) is 0 Å². The normalized spacial score (nSPS) is 19.8. The van der Waals surface area contributed by atoms with Gasteiger partial charge in [-0.05, 0) is 45.8 Å². The number of nitrogens with one attached hydrogen (secondary N) is 1. The number of anilines is 2. The number of nitrogens with two attached hydrogens (primary N) is 1. The molecule has 3 N–H and O–H groups in total. The maximum atomic E-state index is 12.1. The summed E-state index contributed by atoms with van der Waals surface area (Å²) in [7, 11) is 1.99. The van der Waals surface area contributed by atoms with E-state index in [-0.39, 0.29) is 4.90 Å². The molecule has 0 aromatic heterocycles. The number of sulfonamides is 1. The Morgan fingerprint density at radius 2 is 2.10 bits per heavy atom. The Hall–Kier alpha value is -1.31. The lowest BCUT2D eigenvalue weighted by Gasteiger charge is -2.24. The predicted molar refractivity (Wildman–Crippen MR) is 81.4 cm³/mol. The second kappa shape index (κ2) is 5.59. The minimum Gasteiger partial charge on any atom is -0.399 e. The summed E-state index contributed by atoms with van der Waals surface area (Å²) < 4.78 is 26.6. The molecule has 1 aromatic carbocycles. The van der Waals surface area contributed by atoms with Gasteiger partial charge >= 0.3 is 0 Å². The van der Waals surface area contributed by atoms with Crippen LogP contribution in [-0.4, -0.2) is 53.6 Å². The van der Waals surface area contributed by atoms with Crippen LogP contribution in [0.1, 0.15) is 6.42 Å². The first kappa shape index (κ1) is 15.1. The van der Waals surface area contributed by atoms with Crippen LogP contribution in [-0.2, 0) is 10.0 Å². The van der Waals surface area contributed by atoms with Crippen molar-refractivity contribution < 1.29 is 8.42 Å². The molecule has 20 heavy (non-hydrogen) atoms. The molecule has 112 valence electrons. The highest BCUT2D eigenvalue weighted by Crippen LogP contribution is 2.30. The molecular formula is C13H22N4O2S. The van der Waals surface area contributed by atoms with Crippen LogP contribution in [0.15, 0.2) is 23.1 Å². The maximum Gasteiger partial charge on any atom is 0.242 e. The molecule has 0 radical (unpaired) electrons. The second-order valence-electron chi connectivity index (χ2n) is 5.29. The third kappa shape index (κ3) is 2.89. The molecule has 0 saturated carbocycles. The average molecular weight is 298 g/mol. The van der Waals surface area contributed by atoms with Crippen LogP contribution in [0.3, 0.4) is 0 Å². The minimum atomic E-state index is -3.51. The summed E-state index contributed by atoms with van der Waals surface area (Å²) in [5.74, 6) is 0. The van der Waals surface area contributed by atoms with Crippen molar-refractivity contribution in [3.8, 4) is 0 Å². The standard InChI is InChI=1S/C13H22N4O2S/c1-15-20(18,19)13-8-10(14)4-5-12(13)17-7-6-11(9-17)16(2)3/h4-5,8,11,15H,6-7,9,14H2,1-3H3. The van der Waals surface area contributed by atoms with Crippen LogP contribution in [0.25, 0.3) is 0 Å². The first-order valence-corrected chi connectivity index (χ1v) is 8.08. The molecule has 0 aliphatic carbocycles. The zero-order valence-corrected chi connectivity index (χ0v) is 12.9. The van der Waals surface area contributed by atoms with E-state index in [9.17, 15) is 8.42 Å². The van der Waals surface area contributed by atoms with E-state index in [0.717, 1.165) is 25.2 Å². The highest BCUT2D eigenvalue weighted by molar-refractivity contribution is 7.89. The fourth-order valence-corrected chi connectivity index (χ4v) is 3.48. The zero-order valence-electron chi connectivity index (χ0n) is 12.1. The van der Waals surface area contributed by atoms with Gasteiger partial charge in [-0.3, -0.25) is 0 Å². The summed E-state index contributed by atoms with van der Waals surface area (Å²) in [6.07, 6.45) is 1.02. The number of likely N-dealkylation sites (N-methyl/N-ethyl adjacent to an activating group) is 1. The smallest absolute Gasteiger partial charge is 0.242 e. The van der Waals surface area contributed by atoms with E-state index in [2.05, 4.69) is 14.5 Å². The molecule has 1 fully saturated rings. The summed E-state index contributed by atoms with van der Waals surface area (Å²) in [5.41, 5.74) is 6.90. The van der Waals surface area contributed by atoms with Crippen molar-refractivity contribution in [3.63, 3.8) is 0 Å². The van der Waals surface area contributed by atoms with Crippen LogP contribution in [0, 0.1) is 0 Å². The van der Waals surface area contributed by atoms with Crippen molar-refractivity contribution in [3.05, 3.63) is 18.2 Å². The lowest BCUT2D eigenvalue weighted by molar-refractivity contribution is 0.315. The van der Waals surface area contributed by atoms with Gasteiger partial charge in [-0.25, -0.2) is 13.1 Å². The third-order valence-corrected chi connectivity index (χ3v) is 5.22. The minimum absolute atomic E-state index is 0.249. The molecule has 0 spiro atoms. The monoisotopic (exact) mass is 298 g/mol. The van der Waals surface area contributed by atoms with E-state index in [0.29, 0.717) is 11.7 Å². The third-order valence-electron chi connectivity index (χ3n) is 3.78. The Bertz CT molecular complexity index is 586. The van der Waals surface area contributed by atoms with Gasteiger partial charge in [0, 0.05) is 24.8 Å². The summed E-state index contributed by atoms with van der Waals surface area (Å²) >= 11 is 0. The number of hydrogen-bond acceptors (Lipinski definition) is 5. The molecule has 0 bridgehead atoms. The van der Waals surface area contributed by atoms with E-state index < -0.39 is 10.0 Å². The fraction of sp³-hybridized carbons (Fsp3) is 0.538. The molecule has 2 rings (SSSR count). The quantitative estimate of drug-likeness (QED) is 0.783. The lowest BCUT2D eigenvalue weighted by Crippen LogP contribution is -2.32. The molecule has 1 aliphatic heterocycles. The summed E-state index contributed by atoms with van der Waals surface area (Å²) in [5, 5.41) is 0. The van der Waals surface area contributed by atoms with Gasteiger partial charge in [0.2, 0.25) is 10.0 Å². The van der Waals surface area contributed by atoms with E-state index in [4.69, 9.17) is 5.73 Å². The molecule has 0 amide bonds. The highest BCUT2D eigenvalue weighted by atomic mass is 32.2. The largest absolute Gasteiger partial charge is 0.399 e. The van der Waals surface area contributed by atoms with Gasteiger partial charge in [0.25, 0.3) is 0 Å². The SMILES string of the molecule is CNS(=O)(=O)c1cc(N)ccc1N1CCC(N(C)C)C1. The number of benzene rings is 1. The van der Waals surface area contributed by atoms with Crippen molar-refractivity contribution in [2.24, 2.45) is 0 Å². The van der Waals surface area contributed by atoms with E-state index >= 15 is 0 Å². The molecule has 1 aromatic rings. The second-order valence-corrected chi connectivity index (χ2v) is 7.14. The fourth-order valence-electron chi connectivity index (χ4n) is 2.50. The zero-order chi connectivity index (χ0) is 14.9. The summed E-state index contributed by atoms with van der Waals surface area (Å²) in [6.45, 7) is 1.67. The summed E-state index contributed by atoms with van der Waals surface area (Å²) in [4.78, 5) is 4.53. The van der Waals surface area contributed by atoms with Gasteiger partial charge in [-0.2, -0.15) is 0 Å². The van der Waals surface area contributed by atoms with Gasteiger partial charge in [0.15, 0.2) is 0 Å². The first-order valence-electron chi connectivity index (χ1n) is 6.59. The van der Waals surface area contributed by atoms with Crippen molar-refractivity contribution >= 4 is 21.4 Å². The molecule has 1 heterocycles. The maximum absolute atomic E-state index is 12.1.